The molecule has 7 nitrogen and oxygen atoms in total. The van der Waals surface area contributed by atoms with E-state index in [2.05, 4.69) is 20.3 Å². The van der Waals surface area contributed by atoms with Crippen LogP contribution < -0.4 is 5.32 Å². The molecule has 1 atom stereocenters. The highest BCUT2D eigenvalue weighted by molar-refractivity contribution is 7.17. The molecule has 0 aliphatic carbocycles. The minimum atomic E-state index is -4.62. The SMILES string of the molecule is Cc1nc(-c2ccccn2)sc1C(=O)OC(C)C(=O)Nc1ncc(C(F)(F)F)cc1Cl. The first-order valence-corrected chi connectivity index (χ1v) is 9.89. The molecule has 0 fully saturated rings. The van der Waals surface area contributed by atoms with Crippen LogP contribution >= 0.6 is 22.9 Å². The van der Waals surface area contributed by atoms with Crippen LogP contribution in [0.1, 0.15) is 27.9 Å². The lowest BCUT2D eigenvalue weighted by molar-refractivity contribution is -0.137. The maximum absolute atomic E-state index is 12.7. The summed E-state index contributed by atoms with van der Waals surface area (Å²) in [5, 5.41) is 2.36. The molecule has 0 spiro atoms. The third-order valence-corrected chi connectivity index (χ3v) is 5.38. The van der Waals surface area contributed by atoms with Gasteiger partial charge >= 0.3 is 12.1 Å². The van der Waals surface area contributed by atoms with Gasteiger partial charge in [-0.15, -0.1) is 11.3 Å². The van der Waals surface area contributed by atoms with Crippen LogP contribution in [0.3, 0.4) is 0 Å². The number of esters is 1. The number of anilines is 1. The van der Waals surface area contributed by atoms with Gasteiger partial charge in [-0.1, -0.05) is 17.7 Å². The van der Waals surface area contributed by atoms with Crippen molar-refractivity contribution in [3.8, 4) is 10.7 Å². The maximum atomic E-state index is 12.7. The molecule has 1 unspecified atom stereocenters. The number of nitrogens with zero attached hydrogens (tertiary/aromatic N) is 3. The quantitative estimate of drug-likeness (QED) is 0.540. The van der Waals surface area contributed by atoms with Gasteiger partial charge in [0.2, 0.25) is 0 Å². The van der Waals surface area contributed by atoms with Crippen molar-refractivity contribution >= 4 is 40.6 Å². The zero-order valence-electron chi connectivity index (χ0n) is 16.0. The molecule has 3 rings (SSSR count). The van der Waals surface area contributed by atoms with Crippen LogP contribution in [0.5, 0.6) is 0 Å². The maximum Gasteiger partial charge on any atom is 0.417 e. The average molecular weight is 471 g/mol. The summed E-state index contributed by atoms with van der Waals surface area (Å²) in [5.41, 5.74) is -0.0569. The van der Waals surface area contributed by atoms with E-state index in [0.717, 1.165) is 11.3 Å². The number of pyridine rings is 2. The number of nitrogens with one attached hydrogen (secondary N) is 1. The second kappa shape index (κ2) is 8.98. The standard InChI is InChI=1S/C19H14ClF3N4O3S/c1-9-14(31-17(26-9)13-5-3-4-6-24-13)18(29)30-10(2)16(28)27-15-12(20)7-11(8-25-15)19(21,22)23/h3-8,10H,1-2H3,(H,25,27,28). The number of aromatic nitrogens is 3. The van der Waals surface area contributed by atoms with Crippen molar-refractivity contribution in [1.82, 2.24) is 15.0 Å². The number of carbonyl (C=O) groups is 2. The number of alkyl halides is 3. The molecule has 0 aliphatic rings. The molecule has 3 heterocycles. The smallest absolute Gasteiger partial charge is 0.417 e. The van der Waals surface area contributed by atoms with Gasteiger partial charge in [0, 0.05) is 12.4 Å². The molecule has 0 bridgehead atoms. The van der Waals surface area contributed by atoms with Gasteiger partial charge in [-0.2, -0.15) is 13.2 Å². The summed E-state index contributed by atoms with van der Waals surface area (Å²) in [5.74, 6) is -1.87. The van der Waals surface area contributed by atoms with E-state index in [-0.39, 0.29) is 10.7 Å². The summed E-state index contributed by atoms with van der Waals surface area (Å²) in [7, 11) is 0. The molecule has 1 amide bonds. The summed E-state index contributed by atoms with van der Waals surface area (Å²) >= 11 is 6.83. The Morgan fingerprint density at radius 3 is 2.61 bits per heavy atom. The highest BCUT2D eigenvalue weighted by atomic mass is 35.5. The number of thiazole rings is 1. The van der Waals surface area contributed by atoms with Crippen molar-refractivity contribution in [1.29, 1.82) is 0 Å². The largest absolute Gasteiger partial charge is 0.448 e. The number of hydrogen-bond acceptors (Lipinski definition) is 7. The Balaban J connectivity index is 1.68. The van der Waals surface area contributed by atoms with Gasteiger partial charge in [-0.25, -0.2) is 14.8 Å². The van der Waals surface area contributed by atoms with Gasteiger partial charge in [-0.3, -0.25) is 9.78 Å². The Bertz CT molecular complexity index is 1120. The average Bonchev–Trinajstić information content (AvgIpc) is 3.11. The van der Waals surface area contributed by atoms with E-state index in [1.807, 2.05) is 0 Å². The zero-order chi connectivity index (χ0) is 22.8. The van der Waals surface area contributed by atoms with Gasteiger partial charge in [0.25, 0.3) is 5.91 Å². The van der Waals surface area contributed by atoms with E-state index < -0.39 is 34.7 Å². The van der Waals surface area contributed by atoms with E-state index in [0.29, 0.717) is 28.7 Å². The zero-order valence-corrected chi connectivity index (χ0v) is 17.6. The Hall–Kier alpha value is -3.05. The predicted octanol–water partition coefficient (Wildman–Crippen LogP) is 4.76. The normalized spacial score (nSPS) is 12.3. The third-order valence-electron chi connectivity index (χ3n) is 3.93. The first-order valence-electron chi connectivity index (χ1n) is 8.69. The molecule has 3 aromatic rings. The molecule has 0 saturated carbocycles. The van der Waals surface area contributed by atoms with Gasteiger partial charge in [0.1, 0.15) is 9.88 Å². The fraction of sp³-hybridized carbons (Fsp3) is 0.211. The molecular weight excluding hydrogens is 457 g/mol. The molecule has 31 heavy (non-hydrogen) atoms. The van der Waals surface area contributed by atoms with Crippen molar-refractivity contribution in [2.45, 2.75) is 26.1 Å². The molecular formula is C19H14ClF3N4O3S. The lowest BCUT2D eigenvalue weighted by Crippen LogP contribution is -2.30. The monoisotopic (exact) mass is 470 g/mol. The van der Waals surface area contributed by atoms with Crippen LogP contribution in [0.2, 0.25) is 5.02 Å². The number of amides is 1. The molecule has 0 radical (unpaired) electrons. The van der Waals surface area contributed by atoms with Crippen molar-refractivity contribution in [2.24, 2.45) is 0 Å². The molecule has 162 valence electrons. The number of rotatable bonds is 5. The summed E-state index contributed by atoms with van der Waals surface area (Å²) in [6.07, 6.45) is -3.76. The van der Waals surface area contributed by atoms with E-state index in [1.165, 1.54) is 6.92 Å². The Kier molecular flexibility index (Phi) is 6.56. The highest BCUT2D eigenvalue weighted by Gasteiger charge is 2.32. The summed E-state index contributed by atoms with van der Waals surface area (Å²) in [4.78, 5) is 37.0. The van der Waals surface area contributed by atoms with Gasteiger partial charge in [0.05, 0.1) is 22.0 Å². The van der Waals surface area contributed by atoms with Crippen molar-refractivity contribution < 1.29 is 27.5 Å². The van der Waals surface area contributed by atoms with Gasteiger partial charge in [0.15, 0.2) is 11.9 Å². The molecule has 0 aromatic carbocycles. The van der Waals surface area contributed by atoms with E-state index in [9.17, 15) is 22.8 Å². The Labute approximate surface area is 183 Å². The molecule has 12 heteroatoms. The van der Waals surface area contributed by atoms with Crippen LogP contribution in [-0.2, 0) is 15.7 Å². The molecule has 3 aromatic heterocycles. The third kappa shape index (κ3) is 5.36. The molecule has 0 saturated heterocycles. The fourth-order valence-corrected chi connectivity index (χ4v) is 3.50. The van der Waals surface area contributed by atoms with Crippen LogP contribution in [0.25, 0.3) is 10.7 Å². The van der Waals surface area contributed by atoms with Crippen LogP contribution in [0, 0.1) is 6.92 Å². The van der Waals surface area contributed by atoms with Gasteiger partial charge in [-0.05, 0) is 32.0 Å². The van der Waals surface area contributed by atoms with E-state index in [4.69, 9.17) is 16.3 Å². The Morgan fingerprint density at radius 2 is 2.00 bits per heavy atom. The number of carbonyl (C=O) groups excluding carboxylic acids is 2. The fourth-order valence-electron chi connectivity index (χ4n) is 2.36. The molecule has 0 aliphatic heterocycles. The minimum absolute atomic E-state index is 0.200. The van der Waals surface area contributed by atoms with Gasteiger partial charge < -0.3 is 10.1 Å². The highest BCUT2D eigenvalue weighted by Crippen LogP contribution is 2.32. The first kappa shape index (κ1) is 22.6. The van der Waals surface area contributed by atoms with Crippen LogP contribution in [0.4, 0.5) is 19.0 Å². The Morgan fingerprint density at radius 1 is 1.26 bits per heavy atom. The predicted molar refractivity (Wildman–Crippen MR) is 108 cm³/mol. The van der Waals surface area contributed by atoms with Crippen LogP contribution in [0.15, 0.2) is 36.7 Å². The summed E-state index contributed by atoms with van der Waals surface area (Å²) in [6, 6.07) is 5.91. The van der Waals surface area contributed by atoms with Crippen molar-refractivity contribution in [3.05, 3.63) is 57.8 Å². The second-order valence-corrected chi connectivity index (χ2v) is 7.64. The van der Waals surface area contributed by atoms with Crippen LogP contribution in [-0.4, -0.2) is 32.9 Å². The van der Waals surface area contributed by atoms with E-state index >= 15 is 0 Å². The number of halogens is 4. The topological polar surface area (TPSA) is 94.1 Å². The summed E-state index contributed by atoms with van der Waals surface area (Å²) in [6.45, 7) is 2.93. The first-order chi connectivity index (χ1) is 14.6. The van der Waals surface area contributed by atoms with Crippen molar-refractivity contribution in [3.63, 3.8) is 0 Å². The molecule has 1 N–H and O–H groups in total. The summed E-state index contributed by atoms with van der Waals surface area (Å²) < 4.78 is 43.2. The lowest BCUT2D eigenvalue weighted by Gasteiger charge is -2.14. The van der Waals surface area contributed by atoms with Crippen molar-refractivity contribution in [2.75, 3.05) is 5.32 Å². The minimum Gasteiger partial charge on any atom is -0.448 e. The number of hydrogen-bond donors (Lipinski definition) is 1. The lowest BCUT2D eigenvalue weighted by atomic mass is 10.2. The second-order valence-electron chi connectivity index (χ2n) is 6.24. The van der Waals surface area contributed by atoms with E-state index in [1.54, 1.807) is 31.3 Å². The number of ether oxygens (including phenoxy) is 1. The number of aryl methyl sites for hydroxylation is 1.